The third-order valence-corrected chi connectivity index (χ3v) is 6.19. The molecule has 0 unspecified atom stereocenters. The van der Waals surface area contributed by atoms with Crippen LogP contribution in [0.4, 0.5) is 4.39 Å². The lowest BCUT2D eigenvalue weighted by Crippen LogP contribution is -2.32. The normalized spacial score (nSPS) is 13.6. The fraction of sp³-hybridized carbons (Fsp3) is 0.524. The number of hydrogen-bond donors (Lipinski definition) is 2. The molecule has 1 aromatic heterocycles. The largest absolute Gasteiger partial charge is 0.491 e. The molecule has 2 N–H and O–H groups in total. The average molecular weight is 472 g/mol. The van der Waals surface area contributed by atoms with Crippen molar-refractivity contribution >= 4 is 10.0 Å². The third kappa shape index (κ3) is 8.21. The maximum Gasteiger partial charge on any atom is 0.330 e. The predicted octanol–water partition coefficient (Wildman–Crippen LogP) is 2.29. The van der Waals surface area contributed by atoms with E-state index in [1.165, 1.54) is 0 Å². The molecule has 9 nitrogen and oxygen atoms in total. The minimum Gasteiger partial charge on any atom is -0.491 e. The van der Waals surface area contributed by atoms with Crippen LogP contribution >= 0.6 is 0 Å². The standard InChI is InChI=1S/C21H30FN3O6S/c1-4-7-15(2)31-18-9-5-8-17(12-18)16(3)24-32(28,29)11-6-10-30-14-25-13-19(22)20(26)23-21(25)27/h5,8-9,12-13,15-16,24H,4,6-7,10-11,14H2,1-3H3,(H,23,26,27)/t15-,16-/m1/s1. The summed E-state index contributed by atoms with van der Waals surface area (Å²) >= 11 is 0. The Labute approximate surface area is 186 Å². The molecule has 2 atom stereocenters. The number of aromatic nitrogens is 2. The van der Waals surface area contributed by atoms with Crippen molar-refractivity contribution in [1.82, 2.24) is 14.3 Å². The minimum atomic E-state index is -3.59. The molecule has 1 heterocycles. The van der Waals surface area contributed by atoms with Crippen molar-refractivity contribution in [3.05, 3.63) is 62.7 Å². The van der Waals surface area contributed by atoms with Gasteiger partial charge in [0.05, 0.1) is 18.1 Å². The first-order chi connectivity index (χ1) is 15.1. The van der Waals surface area contributed by atoms with Gasteiger partial charge in [-0.1, -0.05) is 25.5 Å². The number of halogens is 1. The van der Waals surface area contributed by atoms with E-state index in [1.54, 1.807) is 6.92 Å². The van der Waals surface area contributed by atoms with Gasteiger partial charge in [0.15, 0.2) is 0 Å². The SMILES string of the molecule is CCC[C@@H](C)Oc1cccc([C@@H](C)NS(=O)(=O)CCCOCn2cc(F)c(=O)[nH]c2=O)c1. The Bertz CT molecular complexity index is 1100. The lowest BCUT2D eigenvalue weighted by atomic mass is 10.1. The van der Waals surface area contributed by atoms with Crippen LogP contribution in [-0.4, -0.2) is 36.4 Å². The molecule has 0 saturated carbocycles. The molecule has 11 heteroatoms. The number of ether oxygens (including phenoxy) is 2. The zero-order chi connectivity index (χ0) is 23.7. The lowest BCUT2D eigenvalue weighted by molar-refractivity contribution is 0.0736. The van der Waals surface area contributed by atoms with E-state index in [0.717, 1.165) is 29.2 Å². The highest BCUT2D eigenvalue weighted by Crippen LogP contribution is 2.21. The van der Waals surface area contributed by atoms with Gasteiger partial charge < -0.3 is 9.47 Å². The number of benzene rings is 1. The second-order valence-electron chi connectivity index (χ2n) is 7.55. The van der Waals surface area contributed by atoms with Gasteiger partial charge in [-0.25, -0.2) is 17.9 Å². The number of nitrogens with one attached hydrogen (secondary N) is 2. The van der Waals surface area contributed by atoms with E-state index in [-0.39, 0.29) is 31.6 Å². The van der Waals surface area contributed by atoms with Crippen molar-refractivity contribution < 1.29 is 22.3 Å². The van der Waals surface area contributed by atoms with Crippen LogP contribution in [0.2, 0.25) is 0 Å². The molecule has 0 spiro atoms. The van der Waals surface area contributed by atoms with Gasteiger partial charge in [0.25, 0.3) is 5.56 Å². The van der Waals surface area contributed by atoms with E-state index in [1.807, 2.05) is 36.2 Å². The average Bonchev–Trinajstić information content (AvgIpc) is 2.71. The highest BCUT2D eigenvalue weighted by Gasteiger charge is 2.16. The monoisotopic (exact) mass is 471 g/mol. The van der Waals surface area contributed by atoms with Crippen LogP contribution in [0.5, 0.6) is 5.75 Å². The number of aromatic amines is 1. The zero-order valence-corrected chi connectivity index (χ0v) is 19.3. The van der Waals surface area contributed by atoms with Gasteiger partial charge in [-0.3, -0.25) is 14.3 Å². The Morgan fingerprint density at radius 1 is 1.25 bits per heavy atom. The Morgan fingerprint density at radius 3 is 2.72 bits per heavy atom. The topological polar surface area (TPSA) is 119 Å². The molecule has 0 aliphatic heterocycles. The molecular weight excluding hydrogens is 441 g/mol. The number of hydrogen-bond acceptors (Lipinski definition) is 6. The first-order valence-electron chi connectivity index (χ1n) is 10.4. The molecule has 0 amide bonds. The van der Waals surface area contributed by atoms with Crippen LogP contribution in [0, 0.1) is 5.82 Å². The van der Waals surface area contributed by atoms with Crippen molar-refractivity contribution in [3.63, 3.8) is 0 Å². The molecule has 0 aliphatic rings. The van der Waals surface area contributed by atoms with Crippen LogP contribution in [0.3, 0.4) is 0 Å². The van der Waals surface area contributed by atoms with Gasteiger partial charge in [0.2, 0.25) is 15.8 Å². The zero-order valence-electron chi connectivity index (χ0n) is 18.5. The second kappa shape index (κ2) is 11.9. The Morgan fingerprint density at radius 2 is 2.00 bits per heavy atom. The van der Waals surface area contributed by atoms with Crippen molar-refractivity contribution in [1.29, 1.82) is 0 Å². The first-order valence-corrected chi connectivity index (χ1v) is 12.1. The highest BCUT2D eigenvalue weighted by molar-refractivity contribution is 7.89. The Hall–Kier alpha value is -2.50. The summed E-state index contributed by atoms with van der Waals surface area (Å²) in [6.07, 6.45) is 2.92. The summed E-state index contributed by atoms with van der Waals surface area (Å²) in [4.78, 5) is 24.3. The van der Waals surface area contributed by atoms with Gasteiger partial charge in [-0.2, -0.15) is 4.39 Å². The fourth-order valence-corrected chi connectivity index (χ4v) is 4.33. The number of rotatable bonds is 13. The van der Waals surface area contributed by atoms with E-state index < -0.39 is 33.1 Å². The maximum absolute atomic E-state index is 13.2. The summed E-state index contributed by atoms with van der Waals surface area (Å²) in [7, 11) is -3.59. The molecular formula is C21H30FN3O6S. The summed E-state index contributed by atoms with van der Waals surface area (Å²) < 4.78 is 52.6. The molecule has 2 aromatic rings. The van der Waals surface area contributed by atoms with Crippen molar-refractivity contribution in [2.45, 2.75) is 58.9 Å². The molecule has 0 aliphatic carbocycles. The minimum absolute atomic E-state index is 0.0289. The van der Waals surface area contributed by atoms with Crippen LogP contribution in [-0.2, 0) is 21.5 Å². The van der Waals surface area contributed by atoms with Crippen molar-refractivity contribution in [3.8, 4) is 5.75 Å². The molecule has 0 bridgehead atoms. The van der Waals surface area contributed by atoms with Gasteiger partial charge in [-0.05, 0) is 44.4 Å². The summed E-state index contributed by atoms with van der Waals surface area (Å²) in [5.41, 5.74) is -1.13. The van der Waals surface area contributed by atoms with Crippen LogP contribution < -0.4 is 20.7 Å². The fourth-order valence-electron chi connectivity index (χ4n) is 3.04. The third-order valence-electron chi connectivity index (χ3n) is 4.65. The van der Waals surface area contributed by atoms with Gasteiger partial charge in [0.1, 0.15) is 12.5 Å². The number of sulfonamides is 1. The second-order valence-corrected chi connectivity index (χ2v) is 9.42. The van der Waals surface area contributed by atoms with Gasteiger partial charge >= 0.3 is 5.69 Å². The summed E-state index contributed by atoms with van der Waals surface area (Å²) in [5.74, 6) is -0.601. The van der Waals surface area contributed by atoms with Crippen LogP contribution in [0.15, 0.2) is 40.1 Å². The first kappa shape index (κ1) is 25.8. The lowest BCUT2D eigenvalue weighted by Gasteiger charge is -2.18. The van der Waals surface area contributed by atoms with Crippen molar-refractivity contribution in [2.24, 2.45) is 0 Å². The molecule has 178 valence electrons. The van der Waals surface area contributed by atoms with E-state index in [2.05, 4.69) is 11.6 Å². The van der Waals surface area contributed by atoms with E-state index >= 15 is 0 Å². The smallest absolute Gasteiger partial charge is 0.330 e. The van der Waals surface area contributed by atoms with Crippen molar-refractivity contribution in [2.75, 3.05) is 12.4 Å². The number of H-pyrrole nitrogens is 1. The van der Waals surface area contributed by atoms with Crippen LogP contribution in [0.1, 0.15) is 51.6 Å². The molecule has 1 aromatic carbocycles. The van der Waals surface area contributed by atoms with E-state index in [0.29, 0.717) is 5.75 Å². The van der Waals surface area contributed by atoms with Crippen LogP contribution in [0.25, 0.3) is 0 Å². The van der Waals surface area contributed by atoms with Gasteiger partial charge in [0, 0.05) is 12.6 Å². The summed E-state index contributed by atoms with van der Waals surface area (Å²) in [5, 5.41) is 0. The quantitative estimate of drug-likeness (QED) is 0.433. The maximum atomic E-state index is 13.2. The Kier molecular flexibility index (Phi) is 9.60. The molecule has 32 heavy (non-hydrogen) atoms. The Balaban J connectivity index is 1.82. The molecule has 0 fully saturated rings. The van der Waals surface area contributed by atoms with Gasteiger partial charge in [-0.15, -0.1) is 0 Å². The summed E-state index contributed by atoms with van der Waals surface area (Å²) in [6.45, 7) is 5.55. The molecule has 0 radical (unpaired) electrons. The molecule has 0 saturated heterocycles. The molecule has 2 rings (SSSR count). The summed E-state index contributed by atoms with van der Waals surface area (Å²) in [6, 6.07) is 6.86. The number of nitrogens with zero attached hydrogens (tertiary/aromatic N) is 1. The van der Waals surface area contributed by atoms with E-state index in [9.17, 15) is 22.4 Å². The predicted molar refractivity (Wildman–Crippen MR) is 119 cm³/mol. The van der Waals surface area contributed by atoms with E-state index in [4.69, 9.17) is 9.47 Å². The highest BCUT2D eigenvalue weighted by atomic mass is 32.2.